The van der Waals surface area contributed by atoms with Crippen LogP contribution >= 0.6 is 0 Å². The number of methoxy groups -OCH3 is 1. The van der Waals surface area contributed by atoms with Crippen molar-refractivity contribution in [2.45, 2.75) is 0 Å². The molecule has 0 saturated carbocycles. The van der Waals surface area contributed by atoms with E-state index >= 15 is 0 Å². The van der Waals surface area contributed by atoms with Gasteiger partial charge >= 0.3 is 0 Å². The van der Waals surface area contributed by atoms with Gasteiger partial charge in [-0.1, -0.05) is 36.1 Å². The molecule has 0 atom stereocenters. The first-order valence-electron chi connectivity index (χ1n) is 7.95. The van der Waals surface area contributed by atoms with Crippen molar-refractivity contribution in [2.24, 2.45) is 0 Å². The summed E-state index contributed by atoms with van der Waals surface area (Å²) in [6, 6.07) is 13.8. The van der Waals surface area contributed by atoms with Crippen LogP contribution < -0.4 is 10.1 Å². The summed E-state index contributed by atoms with van der Waals surface area (Å²) in [7, 11) is 1.56. The fourth-order valence-electron chi connectivity index (χ4n) is 2.61. The quantitative estimate of drug-likeness (QED) is 0.670. The van der Waals surface area contributed by atoms with Crippen LogP contribution in [0.15, 0.2) is 48.5 Å². The number of imide groups is 1. The van der Waals surface area contributed by atoms with Gasteiger partial charge in [-0.05, 0) is 24.3 Å². The largest absolute Gasteiger partial charge is 0.495 e. The summed E-state index contributed by atoms with van der Waals surface area (Å²) in [6.45, 7) is -0.233. The van der Waals surface area contributed by atoms with Crippen molar-refractivity contribution < 1.29 is 19.1 Å². The molecule has 0 bridgehead atoms. The molecular formula is C20H16N2O4. The van der Waals surface area contributed by atoms with E-state index in [9.17, 15) is 14.4 Å². The first kappa shape index (κ1) is 17.2. The summed E-state index contributed by atoms with van der Waals surface area (Å²) in [5.74, 6) is 5.01. The summed E-state index contributed by atoms with van der Waals surface area (Å²) < 4.78 is 5.20. The molecule has 2 aromatic carbocycles. The highest BCUT2D eigenvalue weighted by molar-refractivity contribution is 6.22. The number of para-hydroxylation sites is 1. The molecule has 2 aromatic rings. The summed E-state index contributed by atoms with van der Waals surface area (Å²) in [5.41, 5.74) is 1.35. The molecule has 0 aromatic heterocycles. The second kappa shape index (κ2) is 7.53. The van der Waals surface area contributed by atoms with Crippen molar-refractivity contribution in [2.75, 3.05) is 20.2 Å². The van der Waals surface area contributed by atoms with E-state index in [1.807, 2.05) is 18.2 Å². The third kappa shape index (κ3) is 3.42. The number of hydrogen-bond donors (Lipinski definition) is 1. The number of benzene rings is 2. The molecule has 6 nitrogen and oxygen atoms in total. The number of hydrogen-bond acceptors (Lipinski definition) is 4. The number of nitrogens with one attached hydrogen (secondary N) is 1. The van der Waals surface area contributed by atoms with Gasteiger partial charge in [-0.15, -0.1) is 0 Å². The normalized spacial score (nSPS) is 12.3. The van der Waals surface area contributed by atoms with E-state index < -0.39 is 17.7 Å². The minimum absolute atomic E-state index is 0.0973. The van der Waals surface area contributed by atoms with Gasteiger partial charge in [-0.25, -0.2) is 0 Å². The number of fused-ring (bicyclic) bond motifs is 1. The first-order chi connectivity index (χ1) is 12.6. The molecule has 1 N–H and O–H groups in total. The number of nitrogens with zero attached hydrogens (tertiary/aromatic N) is 1. The maximum atomic E-state index is 12.2. The lowest BCUT2D eigenvalue weighted by Crippen LogP contribution is -2.40. The smallest absolute Gasteiger partial charge is 0.262 e. The number of rotatable bonds is 4. The average Bonchev–Trinajstić information content (AvgIpc) is 2.91. The van der Waals surface area contributed by atoms with Gasteiger partial charge in [0.1, 0.15) is 12.3 Å². The second-order valence-corrected chi connectivity index (χ2v) is 5.52. The zero-order valence-corrected chi connectivity index (χ0v) is 14.1. The van der Waals surface area contributed by atoms with Crippen LogP contribution in [0.3, 0.4) is 0 Å². The Morgan fingerprint density at radius 1 is 1.04 bits per heavy atom. The van der Waals surface area contributed by atoms with Crippen molar-refractivity contribution in [3.8, 4) is 17.6 Å². The molecule has 1 heterocycles. The van der Waals surface area contributed by atoms with Crippen LogP contribution in [0.5, 0.6) is 5.75 Å². The van der Waals surface area contributed by atoms with E-state index in [1.165, 1.54) is 0 Å². The van der Waals surface area contributed by atoms with Gasteiger partial charge in [0.2, 0.25) is 5.91 Å². The van der Waals surface area contributed by atoms with Crippen molar-refractivity contribution >= 4 is 17.7 Å². The summed E-state index contributed by atoms with van der Waals surface area (Å²) in [5, 5.41) is 2.59. The Morgan fingerprint density at radius 3 is 2.31 bits per heavy atom. The van der Waals surface area contributed by atoms with Gasteiger partial charge in [0, 0.05) is 0 Å². The zero-order valence-electron chi connectivity index (χ0n) is 14.1. The van der Waals surface area contributed by atoms with Crippen molar-refractivity contribution in [1.82, 2.24) is 10.2 Å². The molecule has 6 heteroatoms. The molecule has 0 saturated heterocycles. The van der Waals surface area contributed by atoms with Gasteiger partial charge in [0.15, 0.2) is 0 Å². The van der Waals surface area contributed by atoms with Crippen LogP contribution in [0.1, 0.15) is 26.3 Å². The molecule has 3 amide bonds. The van der Waals surface area contributed by atoms with E-state index in [1.54, 1.807) is 37.4 Å². The molecule has 3 rings (SSSR count). The molecule has 0 unspecified atom stereocenters. The third-order valence-electron chi connectivity index (χ3n) is 3.88. The molecule has 0 aliphatic carbocycles. The van der Waals surface area contributed by atoms with E-state index in [2.05, 4.69) is 17.2 Å². The van der Waals surface area contributed by atoms with Crippen LogP contribution in [-0.2, 0) is 4.79 Å². The number of carbonyl (C=O) groups excluding carboxylic acids is 3. The Bertz CT molecular complexity index is 905. The summed E-state index contributed by atoms with van der Waals surface area (Å²) in [6.07, 6.45) is 0. The fourth-order valence-corrected chi connectivity index (χ4v) is 2.61. The molecule has 0 radical (unpaired) electrons. The maximum absolute atomic E-state index is 12.2. The van der Waals surface area contributed by atoms with Crippen LogP contribution in [0, 0.1) is 11.8 Å². The lowest BCUT2D eigenvalue weighted by atomic mass is 10.1. The van der Waals surface area contributed by atoms with Crippen molar-refractivity contribution in [3.05, 3.63) is 65.2 Å². The van der Waals surface area contributed by atoms with Crippen molar-refractivity contribution in [1.29, 1.82) is 0 Å². The second-order valence-electron chi connectivity index (χ2n) is 5.52. The van der Waals surface area contributed by atoms with Gasteiger partial charge < -0.3 is 10.1 Å². The first-order valence-corrected chi connectivity index (χ1v) is 7.95. The molecule has 130 valence electrons. The van der Waals surface area contributed by atoms with Gasteiger partial charge in [0.25, 0.3) is 11.8 Å². The van der Waals surface area contributed by atoms with Crippen LogP contribution in [0.4, 0.5) is 0 Å². The van der Waals surface area contributed by atoms with Crippen LogP contribution in [0.2, 0.25) is 0 Å². The predicted octanol–water partition coefficient (Wildman–Crippen LogP) is 1.46. The zero-order chi connectivity index (χ0) is 18.5. The molecular weight excluding hydrogens is 332 g/mol. The minimum Gasteiger partial charge on any atom is -0.495 e. The van der Waals surface area contributed by atoms with Gasteiger partial charge in [0.05, 0.1) is 30.3 Å². The fraction of sp³-hybridized carbons (Fsp3) is 0.150. The molecule has 26 heavy (non-hydrogen) atoms. The molecule has 0 spiro atoms. The lowest BCUT2D eigenvalue weighted by Gasteiger charge is -2.12. The van der Waals surface area contributed by atoms with E-state index in [4.69, 9.17) is 4.74 Å². The third-order valence-corrected chi connectivity index (χ3v) is 3.88. The van der Waals surface area contributed by atoms with E-state index in [0.29, 0.717) is 22.4 Å². The minimum atomic E-state index is -0.458. The predicted molar refractivity (Wildman–Crippen MR) is 94.7 cm³/mol. The Kier molecular flexibility index (Phi) is 4.99. The number of carbonyl (C=O) groups is 3. The van der Waals surface area contributed by atoms with Gasteiger partial charge in [-0.2, -0.15) is 0 Å². The van der Waals surface area contributed by atoms with Crippen LogP contribution in [-0.4, -0.2) is 42.8 Å². The summed E-state index contributed by atoms with van der Waals surface area (Å²) in [4.78, 5) is 37.4. The topological polar surface area (TPSA) is 75.7 Å². The van der Waals surface area contributed by atoms with E-state index in [0.717, 1.165) is 4.90 Å². The Labute approximate surface area is 150 Å². The van der Waals surface area contributed by atoms with Crippen molar-refractivity contribution in [3.63, 3.8) is 0 Å². The van der Waals surface area contributed by atoms with Gasteiger partial charge in [-0.3, -0.25) is 19.3 Å². The average molecular weight is 348 g/mol. The maximum Gasteiger partial charge on any atom is 0.262 e. The number of amides is 3. The SMILES string of the molecule is COc1ccccc1C#CCNC(=O)CN1C(=O)c2ccccc2C1=O. The van der Waals surface area contributed by atoms with E-state index in [-0.39, 0.29) is 13.1 Å². The number of ether oxygens (including phenoxy) is 1. The molecule has 0 fully saturated rings. The Hall–Kier alpha value is -3.59. The van der Waals surface area contributed by atoms with Crippen LogP contribution in [0.25, 0.3) is 0 Å². The Morgan fingerprint density at radius 2 is 1.65 bits per heavy atom. The highest BCUT2D eigenvalue weighted by Crippen LogP contribution is 2.21. The highest BCUT2D eigenvalue weighted by Gasteiger charge is 2.36. The standard InChI is InChI=1S/C20H16N2O4/c1-26-17-11-5-2-7-14(17)8-6-12-21-18(23)13-22-19(24)15-9-3-4-10-16(15)20(22)25/h2-5,7,9-11H,12-13H2,1H3,(H,21,23). The lowest BCUT2D eigenvalue weighted by molar-refractivity contribution is -0.121. The highest BCUT2D eigenvalue weighted by atomic mass is 16.5. The Balaban J connectivity index is 1.57. The molecule has 1 aliphatic rings. The summed E-state index contributed by atoms with van der Waals surface area (Å²) >= 11 is 0. The molecule has 1 aliphatic heterocycles. The monoisotopic (exact) mass is 348 g/mol.